The van der Waals surface area contributed by atoms with Crippen LogP contribution in [0, 0.1) is 11.3 Å². The van der Waals surface area contributed by atoms with E-state index in [1.54, 1.807) is 12.3 Å². The lowest BCUT2D eigenvalue weighted by molar-refractivity contribution is 0.242. The van der Waals surface area contributed by atoms with Gasteiger partial charge < -0.3 is 4.74 Å². The zero-order valence-electron chi connectivity index (χ0n) is 12.3. The first kappa shape index (κ1) is 14.1. The largest absolute Gasteiger partial charge is 0.491 e. The van der Waals surface area contributed by atoms with Crippen LogP contribution in [-0.4, -0.2) is 15.9 Å². The number of nitriles is 1. The van der Waals surface area contributed by atoms with Crippen LogP contribution >= 0.6 is 0 Å². The molecule has 0 aliphatic rings. The first-order valence-corrected chi connectivity index (χ1v) is 6.77. The summed E-state index contributed by atoms with van der Waals surface area (Å²) >= 11 is 0. The summed E-state index contributed by atoms with van der Waals surface area (Å²) in [5.74, 6) is 0.718. The monoisotopic (exact) mass is 269 g/mol. The number of hydrogen-bond acceptors (Lipinski definition) is 3. The fourth-order valence-electron chi connectivity index (χ4n) is 2.12. The normalized spacial score (nSPS) is 10.8. The van der Waals surface area contributed by atoms with Gasteiger partial charge in [-0.15, -0.1) is 0 Å². The Morgan fingerprint density at radius 2 is 1.95 bits per heavy atom. The Kier molecular flexibility index (Phi) is 4.09. The van der Waals surface area contributed by atoms with Crippen molar-refractivity contribution in [2.45, 2.75) is 39.8 Å². The minimum absolute atomic E-state index is 0.0913. The number of nitrogens with zero attached hydrogens (tertiary/aromatic N) is 3. The van der Waals surface area contributed by atoms with Crippen molar-refractivity contribution in [2.75, 3.05) is 0 Å². The number of benzene rings is 1. The van der Waals surface area contributed by atoms with Gasteiger partial charge in [0.2, 0.25) is 0 Å². The lowest BCUT2D eigenvalue weighted by Crippen LogP contribution is -2.07. The summed E-state index contributed by atoms with van der Waals surface area (Å²) in [6, 6.07) is 10.0. The molecule has 0 spiro atoms. The summed E-state index contributed by atoms with van der Waals surface area (Å²) in [7, 11) is 0. The summed E-state index contributed by atoms with van der Waals surface area (Å²) in [4.78, 5) is 0. The molecule has 4 heteroatoms. The highest BCUT2D eigenvalue weighted by Gasteiger charge is 2.13. The maximum Gasteiger partial charge on any atom is 0.121 e. The van der Waals surface area contributed by atoms with Gasteiger partial charge in [0, 0.05) is 17.8 Å². The van der Waals surface area contributed by atoms with Crippen LogP contribution in [0.5, 0.6) is 5.75 Å². The van der Waals surface area contributed by atoms with Crippen molar-refractivity contribution in [3.05, 3.63) is 36.0 Å². The maximum absolute atomic E-state index is 9.37. The van der Waals surface area contributed by atoms with Gasteiger partial charge in [-0.3, -0.25) is 4.68 Å². The van der Waals surface area contributed by atoms with E-state index in [-0.39, 0.29) is 12.1 Å². The molecule has 0 unspecified atom stereocenters. The summed E-state index contributed by atoms with van der Waals surface area (Å²) in [5.41, 5.74) is 2.44. The molecule has 0 bridgehead atoms. The molecule has 0 N–H and O–H groups in total. The maximum atomic E-state index is 9.37. The van der Waals surface area contributed by atoms with Crippen LogP contribution < -0.4 is 4.74 Å². The van der Waals surface area contributed by atoms with Gasteiger partial charge in [0.1, 0.15) is 5.75 Å². The lowest BCUT2D eigenvalue weighted by atomic mass is 10.0. The van der Waals surface area contributed by atoms with Gasteiger partial charge in [0.15, 0.2) is 0 Å². The van der Waals surface area contributed by atoms with Crippen LogP contribution in [0.1, 0.15) is 39.3 Å². The van der Waals surface area contributed by atoms with E-state index in [4.69, 9.17) is 4.74 Å². The highest BCUT2D eigenvalue weighted by atomic mass is 16.5. The topological polar surface area (TPSA) is 50.8 Å². The Hall–Kier alpha value is -2.28. The second-order valence-corrected chi connectivity index (χ2v) is 5.24. The first-order chi connectivity index (χ1) is 9.52. The van der Waals surface area contributed by atoms with E-state index in [9.17, 15) is 5.26 Å². The van der Waals surface area contributed by atoms with E-state index < -0.39 is 0 Å². The number of rotatable bonds is 4. The molecule has 2 rings (SSSR count). The predicted octanol–water partition coefficient (Wildman–Crippen LogP) is 3.79. The van der Waals surface area contributed by atoms with Crippen molar-refractivity contribution in [3.63, 3.8) is 0 Å². The molecule has 1 aromatic heterocycles. The predicted molar refractivity (Wildman–Crippen MR) is 78.5 cm³/mol. The lowest BCUT2D eigenvalue weighted by Gasteiger charge is -2.14. The second kappa shape index (κ2) is 5.79. The third-order valence-corrected chi connectivity index (χ3v) is 2.92. The molecular weight excluding hydrogens is 250 g/mol. The van der Waals surface area contributed by atoms with Crippen molar-refractivity contribution >= 4 is 0 Å². The third kappa shape index (κ3) is 2.83. The molecule has 104 valence electrons. The molecule has 20 heavy (non-hydrogen) atoms. The highest BCUT2D eigenvalue weighted by molar-refractivity contribution is 5.69. The van der Waals surface area contributed by atoms with Gasteiger partial charge in [-0.05, 0) is 52.0 Å². The molecule has 0 saturated heterocycles. The van der Waals surface area contributed by atoms with Gasteiger partial charge in [0.05, 0.1) is 23.4 Å². The Labute approximate surface area is 119 Å². The van der Waals surface area contributed by atoms with Crippen molar-refractivity contribution in [1.29, 1.82) is 5.26 Å². The van der Waals surface area contributed by atoms with Crippen molar-refractivity contribution in [3.8, 4) is 23.1 Å². The molecular formula is C16H19N3O. The van der Waals surface area contributed by atoms with E-state index in [2.05, 4.69) is 25.0 Å². The molecule has 4 nitrogen and oxygen atoms in total. The summed E-state index contributed by atoms with van der Waals surface area (Å²) in [6.07, 6.45) is 1.85. The second-order valence-electron chi connectivity index (χ2n) is 5.24. The average Bonchev–Trinajstić information content (AvgIpc) is 2.87. The third-order valence-electron chi connectivity index (χ3n) is 2.92. The molecule has 0 atom stereocenters. The molecule has 1 aromatic carbocycles. The number of aromatic nitrogens is 2. The molecule has 0 radical (unpaired) electrons. The van der Waals surface area contributed by atoms with E-state index in [0.717, 1.165) is 17.0 Å². The fourth-order valence-corrected chi connectivity index (χ4v) is 2.12. The Balaban J connectivity index is 2.47. The van der Waals surface area contributed by atoms with Gasteiger partial charge in [-0.25, -0.2) is 0 Å². The van der Waals surface area contributed by atoms with Gasteiger partial charge in [0.25, 0.3) is 0 Å². The Morgan fingerprint density at radius 3 is 2.55 bits per heavy atom. The van der Waals surface area contributed by atoms with Crippen LogP contribution in [0.15, 0.2) is 30.5 Å². The summed E-state index contributed by atoms with van der Waals surface area (Å²) < 4.78 is 7.55. The molecule has 0 aliphatic carbocycles. The highest BCUT2D eigenvalue weighted by Crippen LogP contribution is 2.28. The van der Waals surface area contributed by atoms with Crippen molar-refractivity contribution in [2.24, 2.45) is 0 Å². The Bertz CT molecular complexity index is 635. The minimum Gasteiger partial charge on any atom is -0.491 e. The number of ether oxygens (including phenoxy) is 1. The Morgan fingerprint density at radius 1 is 1.20 bits per heavy atom. The van der Waals surface area contributed by atoms with Crippen LogP contribution in [0.3, 0.4) is 0 Å². The molecule has 1 heterocycles. The summed E-state index contributed by atoms with van der Waals surface area (Å²) in [5, 5.41) is 13.7. The van der Waals surface area contributed by atoms with Gasteiger partial charge in [-0.2, -0.15) is 10.4 Å². The van der Waals surface area contributed by atoms with Crippen LogP contribution in [0.25, 0.3) is 11.3 Å². The van der Waals surface area contributed by atoms with Gasteiger partial charge in [-0.1, -0.05) is 0 Å². The van der Waals surface area contributed by atoms with E-state index in [0.29, 0.717) is 5.56 Å². The van der Waals surface area contributed by atoms with Crippen LogP contribution in [0.2, 0.25) is 0 Å². The molecule has 0 aliphatic heterocycles. The first-order valence-electron chi connectivity index (χ1n) is 6.77. The molecule has 0 fully saturated rings. The zero-order chi connectivity index (χ0) is 14.7. The summed E-state index contributed by atoms with van der Waals surface area (Å²) in [6.45, 7) is 8.07. The van der Waals surface area contributed by atoms with Crippen molar-refractivity contribution in [1.82, 2.24) is 9.78 Å². The van der Waals surface area contributed by atoms with Crippen LogP contribution in [0.4, 0.5) is 0 Å². The number of hydrogen-bond donors (Lipinski definition) is 0. The minimum atomic E-state index is 0.0913. The molecule has 0 amide bonds. The SMILES string of the molecule is CC(C)Oc1ccc(-c2ccnn2C(C)C)c(C#N)c1. The van der Waals surface area contributed by atoms with Crippen LogP contribution in [-0.2, 0) is 0 Å². The molecule has 0 saturated carbocycles. The molecule has 2 aromatic rings. The standard InChI is InChI=1S/C16H19N3O/c1-11(2)19-16(7-8-18-19)15-6-5-14(20-12(3)4)9-13(15)10-17/h5-9,11-12H,1-4H3. The fraction of sp³-hybridized carbons (Fsp3) is 0.375. The van der Waals surface area contributed by atoms with Gasteiger partial charge >= 0.3 is 0 Å². The average molecular weight is 269 g/mol. The van der Waals surface area contributed by atoms with Crippen molar-refractivity contribution < 1.29 is 4.74 Å². The van der Waals surface area contributed by atoms with E-state index in [1.807, 2.05) is 36.7 Å². The quantitative estimate of drug-likeness (QED) is 0.848. The van der Waals surface area contributed by atoms with E-state index in [1.165, 1.54) is 0 Å². The van der Waals surface area contributed by atoms with E-state index >= 15 is 0 Å². The zero-order valence-corrected chi connectivity index (χ0v) is 12.3. The smallest absolute Gasteiger partial charge is 0.121 e.